The van der Waals surface area contributed by atoms with E-state index >= 15 is 0 Å². The molecule has 168 valence electrons. The maximum Gasteiger partial charge on any atom is 0.407 e. The SMILES string of the molecule is O=C(CCNC(=O)OCC1c2ccccc2-c2ccccc21)Nc1ccc(C(=O)O)cc1Br. The van der Waals surface area contributed by atoms with Crippen molar-refractivity contribution in [1.82, 2.24) is 5.32 Å². The maximum atomic E-state index is 12.2. The molecule has 7 nitrogen and oxygen atoms in total. The van der Waals surface area contributed by atoms with Gasteiger partial charge < -0.3 is 20.5 Å². The maximum absolute atomic E-state index is 12.2. The Bertz CT molecular complexity index is 1180. The van der Waals surface area contributed by atoms with E-state index in [0.717, 1.165) is 22.3 Å². The number of fused-ring (bicyclic) bond motifs is 3. The van der Waals surface area contributed by atoms with Crippen LogP contribution in [0.5, 0.6) is 0 Å². The van der Waals surface area contributed by atoms with Crippen molar-refractivity contribution in [2.24, 2.45) is 0 Å². The molecule has 3 aromatic carbocycles. The van der Waals surface area contributed by atoms with Gasteiger partial charge in [-0.05, 0) is 56.4 Å². The highest BCUT2D eigenvalue weighted by Gasteiger charge is 2.28. The van der Waals surface area contributed by atoms with Crippen LogP contribution < -0.4 is 10.6 Å². The largest absolute Gasteiger partial charge is 0.478 e. The minimum Gasteiger partial charge on any atom is -0.478 e. The lowest BCUT2D eigenvalue weighted by Crippen LogP contribution is -2.29. The van der Waals surface area contributed by atoms with Crippen LogP contribution >= 0.6 is 15.9 Å². The molecule has 0 aliphatic heterocycles. The van der Waals surface area contributed by atoms with Crippen LogP contribution in [0.15, 0.2) is 71.2 Å². The summed E-state index contributed by atoms with van der Waals surface area (Å²) in [5.41, 5.74) is 5.13. The molecule has 3 aromatic rings. The van der Waals surface area contributed by atoms with Crippen molar-refractivity contribution < 1.29 is 24.2 Å². The van der Waals surface area contributed by atoms with Gasteiger partial charge in [-0.25, -0.2) is 9.59 Å². The van der Waals surface area contributed by atoms with Crippen LogP contribution in [0.25, 0.3) is 11.1 Å². The fraction of sp³-hybridized carbons (Fsp3) is 0.160. The van der Waals surface area contributed by atoms with Crippen LogP contribution in [0.2, 0.25) is 0 Å². The number of hydrogen-bond acceptors (Lipinski definition) is 4. The van der Waals surface area contributed by atoms with Gasteiger partial charge in [0.1, 0.15) is 6.61 Å². The number of carboxylic acid groups (broad SMARTS) is 1. The first-order valence-electron chi connectivity index (χ1n) is 10.4. The molecule has 1 aliphatic carbocycles. The second-order valence-electron chi connectivity index (χ2n) is 7.55. The van der Waals surface area contributed by atoms with E-state index in [1.165, 1.54) is 18.2 Å². The summed E-state index contributed by atoms with van der Waals surface area (Å²) in [7, 11) is 0. The average Bonchev–Trinajstić information content (AvgIpc) is 3.12. The van der Waals surface area contributed by atoms with E-state index in [1.807, 2.05) is 36.4 Å². The second kappa shape index (κ2) is 9.87. The van der Waals surface area contributed by atoms with Crippen molar-refractivity contribution in [3.63, 3.8) is 0 Å². The van der Waals surface area contributed by atoms with Crippen LogP contribution in [-0.2, 0) is 9.53 Å². The molecule has 3 N–H and O–H groups in total. The number of aromatic carboxylic acids is 1. The Balaban J connectivity index is 1.26. The Hall–Kier alpha value is -3.65. The van der Waals surface area contributed by atoms with Crippen molar-refractivity contribution >= 4 is 39.6 Å². The summed E-state index contributed by atoms with van der Waals surface area (Å²) in [6.45, 7) is 0.308. The number of carbonyl (C=O) groups is 3. The van der Waals surface area contributed by atoms with E-state index in [1.54, 1.807) is 0 Å². The number of carboxylic acids is 1. The minimum absolute atomic E-state index is 0.0300. The molecule has 0 saturated carbocycles. The number of alkyl carbamates (subject to hydrolysis) is 1. The Morgan fingerprint density at radius 1 is 0.939 bits per heavy atom. The molecule has 0 atom stereocenters. The summed E-state index contributed by atoms with van der Waals surface area (Å²) in [6.07, 6.45) is -0.547. The van der Waals surface area contributed by atoms with Gasteiger partial charge in [-0.3, -0.25) is 4.79 Å². The van der Waals surface area contributed by atoms with Crippen molar-refractivity contribution in [2.45, 2.75) is 12.3 Å². The molecule has 2 amide bonds. The minimum atomic E-state index is -1.05. The Labute approximate surface area is 198 Å². The van der Waals surface area contributed by atoms with Crippen LogP contribution in [-0.4, -0.2) is 36.2 Å². The van der Waals surface area contributed by atoms with Gasteiger partial charge in [0.15, 0.2) is 0 Å². The highest BCUT2D eigenvalue weighted by molar-refractivity contribution is 9.10. The van der Waals surface area contributed by atoms with E-state index in [0.29, 0.717) is 10.2 Å². The average molecular weight is 509 g/mol. The molecule has 0 heterocycles. The van der Waals surface area contributed by atoms with E-state index in [4.69, 9.17) is 9.84 Å². The molecular weight excluding hydrogens is 488 g/mol. The summed E-state index contributed by atoms with van der Waals surface area (Å²) in [6, 6.07) is 20.5. The quantitative estimate of drug-likeness (QED) is 0.415. The number of amides is 2. The molecule has 0 bridgehead atoms. The Morgan fingerprint density at radius 2 is 1.58 bits per heavy atom. The van der Waals surface area contributed by atoms with Gasteiger partial charge in [0.05, 0.1) is 11.3 Å². The molecule has 8 heteroatoms. The van der Waals surface area contributed by atoms with Crippen molar-refractivity contribution in [2.75, 3.05) is 18.5 Å². The zero-order valence-corrected chi connectivity index (χ0v) is 19.1. The highest BCUT2D eigenvalue weighted by atomic mass is 79.9. The monoisotopic (exact) mass is 508 g/mol. The fourth-order valence-corrected chi connectivity index (χ4v) is 4.37. The normalized spacial score (nSPS) is 11.9. The molecule has 0 aromatic heterocycles. The van der Waals surface area contributed by atoms with E-state index in [9.17, 15) is 14.4 Å². The fourth-order valence-electron chi connectivity index (χ4n) is 3.89. The van der Waals surface area contributed by atoms with Crippen LogP contribution in [0.3, 0.4) is 0 Å². The van der Waals surface area contributed by atoms with Gasteiger partial charge in [0.25, 0.3) is 0 Å². The molecule has 33 heavy (non-hydrogen) atoms. The van der Waals surface area contributed by atoms with Crippen molar-refractivity contribution in [3.05, 3.63) is 87.9 Å². The molecule has 0 fully saturated rings. The third kappa shape index (κ3) is 5.06. The van der Waals surface area contributed by atoms with Gasteiger partial charge in [0.2, 0.25) is 5.91 Å². The third-order valence-electron chi connectivity index (χ3n) is 5.46. The number of hydrogen-bond donors (Lipinski definition) is 3. The van der Waals surface area contributed by atoms with Crippen molar-refractivity contribution in [1.29, 1.82) is 0 Å². The summed E-state index contributed by atoms with van der Waals surface area (Å²) in [5.74, 6) is -1.41. The predicted molar refractivity (Wildman–Crippen MR) is 127 cm³/mol. The number of carbonyl (C=O) groups excluding carboxylic acids is 2. The van der Waals surface area contributed by atoms with E-state index in [-0.39, 0.29) is 37.0 Å². The summed E-state index contributed by atoms with van der Waals surface area (Å²) >= 11 is 3.24. The molecule has 0 radical (unpaired) electrons. The molecule has 4 rings (SSSR count). The smallest absolute Gasteiger partial charge is 0.407 e. The van der Waals surface area contributed by atoms with E-state index < -0.39 is 12.1 Å². The van der Waals surface area contributed by atoms with Crippen molar-refractivity contribution in [3.8, 4) is 11.1 Å². The first-order chi connectivity index (χ1) is 15.9. The standard InChI is InChI=1S/C25H21BrN2O5/c26-21-13-15(24(30)31)9-10-22(21)28-23(29)11-12-27-25(32)33-14-20-18-7-3-1-5-16(18)17-6-2-4-8-19(17)20/h1-10,13,20H,11-12,14H2,(H,27,32)(H,28,29)(H,30,31). The molecule has 0 spiro atoms. The Morgan fingerprint density at radius 3 is 2.18 bits per heavy atom. The predicted octanol–water partition coefficient (Wildman–Crippen LogP) is 5.01. The van der Waals surface area contributed by atoms with E-state index in [2.05, 4.69) is 38.7 Å². The number of halogens is 1. The number of nitrogens with one attached hydrogen (secondary N) is 2. The molecule has 0 saturated heterocycles. The number of ether oxygens (including phenoxy) is 1. The number of benzene rings is 3. The topological polar surface area (TPSA) is 105 Å². The first kappa shape index (κ1) is 22.5. The molecule has 1 aliphatic rings. The summed E-state index contributed by atoms with van der Waals surface area (Å²) in [4.78, 5) is 35.3. The highest BCUT2D eigenvalue weighted by Crippen LogP contribution is 2.44. The van der Waals surface area contributed by atoms with Gasteiger partial charge in [-0.15, -0.1) is 0 Å². The van der Waals surface area contributed by atoms with Crippen LogP contribution in [0, 0.1) is 0 Å². The van der Waals surface area contributed by atoms with Gasteiger partial charge in [-0.1, -0.05) is 48.5 Å². The lowest BCUT2D eigenvalue weighted by molar-refractivity contribution is -0.116. The number of anilines is 1. The van der Waals surface area contributed by atoms with Gasteiger partial charge in [-0.2, -0.15) is 0 Å². The van der Waals surface area contributed by atoms with Crippen LogP contribution in [0.4, 0.5) is 10.5 Å². The Kier molecular flexibility index (Phi) is 6.74. The lowest BCUT2D eigenvalue weighted by atomic mass is 9.98. The second-order valence-corrected chi connectivity index (χ2v) is 8.40. The summed E-state index contributed by atoms with van der Waals surface area (Å²) < 4.78 is 5.91. The van der Waals surface area contributed by atoms with Crippen LogP contribution in [0.1, 0.15) is 33.8 Å². The molecular formula is C25H21BrN2O5. The zero-order valence-electron chi connectivity index (χ0n) is 17.5. The summed E-state index contributed by atoms with van der Waals surface area (Å²) in [5, 5.41) is 14.3. The zero-order chi connectivity index (χ0) is 23.4. The third-order valence-corrected chi connectivity index (χ3v) is 6.11. The van der Waals surface area contributed by atoms with Gasteiger partial charge in [0, 0.05) is 23.4 Å². The lowest BCUT2D eigenvalue weighted by Gasteiger charge is -2.14. The number of rotatable bonds is 7. The first-order valence-corrected chi connectivity index (χ1v) is 11.1. The molecule has 0 unspecified atom stereocenters. The van der Waals surface area contributed by atoms with Gasteiger partial charge >= 0.3 is 12.1 Å².